The van der Waals surface area contributed by atoms with Crippen LogP contribution in [0.15, 0.2) is 0 Å². The van der Waals surface area contributed by atoms with E-state index in [0.717, 1.165) is 43.5 Å². The minimum Gasteiger partial charge on any atom is -0.756 e. The van der Waals surface area contributed by atoms with E-state index < -0.39 is 7.82 Å². The van der Waals surface area contributed by atoms with Crippen LogP contribution in [0.2, 0.25) is 0 Å². The van der Waals surface area contributed by atoms with E-state index in [9.17, 15) is 9.46 Å². The van der Waals surface area contributed by atoms with Crippen LogP contribution < -0.4 is 4.89 Å². The summed E-state index contributed by atoms with van der Waals surface area (Å²) in [5.41, 5.74) is 0. The molecule has 0 spiro atoms. The summed E-state index contributed by atoms with van der Waals surface area (Å²) in [7, 11) is -4.15. The number of hydrogen-bond donors (Lipinski definition) is 0. The fourth-order valence-electron chi connectivity index (χ4n) is 5.09. The Hall–Kier alpha value is 0.0700. The second-order valence-corrected chi connectivity index (χ2v) is 11.7. The van der Waals surface area contributed by atoms with Crippen molar-refractivity contribution < 1.29 is 23.0 Å². The largest absolute Gasteiger partial charge is 0.756 e. The summed E-state index contributed by atoms with van der Waals surface area (Å²) in [6.45, 7) is 9.07. The van der Waals surface area contributed by atoms with E-state index in [0.29, 0.717) is 0 Å². The van der Waals surface area contributed by atoms with Crippen molar-refractivity contribution in [1.82, 2.24) is 0 Å². The number of quaternary nitrogens is 1. The lowest BCUT2D eigenvalue weighted by Gasteiger charge is -2.41. The van der Waals surface area contributed by atoms with Gasteiger partial charge in [-0.2, -0.15) is 0 Å². The van der Waals surface area contributed by atoms with E-state index in [1.165, 1.54) is 109 Å². The van der Waals surface area contributed by atoms with Crippen molar-refractivity contribution >= 4 is 7.82 Å². The van der Waals surface area contributed by atoms with Crippen LogP contribution in [0.25, 0.3) is 0 Å². The lowest BCUT2D eigenvalue weighted by molar-refractivity contribution is -0.930. The Morgan fingerprint density at radius 3 is 1.52 bits per heavy atom. The number of likely N-dealkylation sites (tertiary alicyclic amines) is 1. The Kier molecular flexibility index (Phi) is 19.1. The molecule has 1 atom stereocenters. The molecule has 0 saturated carbocycles. The molecule has 0 aromatic rings. The molecule has 1 heterocycles. The molecule has 0 radical (unpaired) electrons. The van der Waals surface area contributed by atoms with Crippen LogP contribution in [0.4, 0.5) is 0 Å². The third-order valence-electron chi connectivity index (χ3n) is 7.50. The van der Waals surface area contributed by atoms with Crippen LogP contribution >= 0.6 is 7.82 Å². The monoisotopic (exact) mass is 489 g/mol. The zero-order valence-corrected chi connectivity index (χ0v) is 23.1. The Labute approximate surface area is 206 Å². The van der Waals surface area contributed by atoms with Crippen molar-refractivity contribution in [2.24, 2.45) is 0 Å². The van der Waals surface area contributed by atoms with Crippen molar-refractivity contribution in [3.63, 3.8) is 0 Å². The molecule has 198 valence electrons. The van der Waals surface area contributed by atoms with Crippen LogP contribution in [0, 0.1) is 0 Å². The lowest BCUT2D eigenvalue weighted by atomic mass is 10.0. The van der Waals surface area contributed by atoms with E-state index in [1.54, 1.807) is 0 Å². The highest BCUT2D eigenvalue weighted by Crippen LogP contribution is 2.38. The highest BCUT2D eigenvalue weighted by atomic mass is 31.2. The Morgan fingerprint density at radius 1 is 0.636 bits per heavy atom. The standard InChI is InChI=1S/C27H56NO4P/c1-3-5-6-7-8-9-10-11-12-13-14-15-16-17-18-22-26-31-33(29,30)32-27-25-28(4-2)23-20-19-21-24-28/h3-27H2,1-2H3. The van der Waals surface area contributed by atoms with Gasteiger partial charge < -0.3 is 18.4 Å². The summed E-state index contributed by atoms with van der Waals surface area (Å²) in [6, 6.07) is 0. The molecule has 1 saturated heterocycles. The number of hydrogen-bond acceptors (Lipinski definition) is 4. The van der Waals surface area contributed by atoms with Gasteiger partial charge in [-0.25, -0.2) is 0 Å². The number of likely N-dealkylation sites (N-methyl/N-ethyl adjacent to an activating group) is 1. The molecule has 0 aromatic heterocycles. The Morgan fingerprint density at radius 2 is 1.06 bits per heavy atom. The van der Waals surface area contributed by atoms with Gasteiger partial charge in [0.25, 0.3) is 7.82 Å². The fourth-order valence-corrected chi connectivity index (χ4v) is 5.82. The molecule has 5 nitrogen and oxygen atoms in total. The van der Waals surface area contributed by atoms with Gasteiger partial charge in [0.15, 0.2) is 0 Å². The van der Waals surface area contributed by atoms with Gasteiger partial charge in [0.05, 0.1) is 26.2 Å². The molecule has 33 heavy (non-hydrogen) atoms. The second kappa shape index (κ2) is 20.3. The van der Waals surface area contributed by atoms with Gasteiger partial charge >= 0.3 is 0 Å². The SMILES string of the molecule is CCCCCCCCCCCCCCCCCCOP(=O)([O-])OCC[N+]1(CC)CCCCC1. The predicted molar refractivity (Wildman–Crippen MR) is 138 cm³/mol. The summed E-state index contributed by atoms with van der Waals surface area (Å²) in [5, 5.41) is 0. The topological polar surface area (TPSA) is 58.6 Å². The minimum atomic E-state index is -4.15. The Balaban J connectivity index is 1.86. The molecule has 1 unspecified atom stereocenters. The smallest absolute Gasteiger partial charge is 0.268 e. The molecule has 0 amide bonds. The van der Waals surface area contributed by atoms with Crippen LogP contribution in [-0.2, 0) is 13.6 Å². The summed E-state index contributed by atoms with van der Waals surface area (Å²) in [4.78, 5) is 12.0. The van der Waals surface area contributed by atoms with Crippen molar-refractivity contribution in [1.29, 1.82) is 0 Å². The molecule has 6 heteroatoms. The van der Waals surface area contributed by atoms with Gasteiger partial charge in [-0.15, -0.1) is 0 Å². The zero-order valence-electron chi connectivity index (χ0n) is 22.2. The van der Waals surface area contributed by atoms with Crippen molar-refractivity contribution in [3.05, 3.63) is 0 Å². The first-order valence-corrected chi connectivity index (χ1v) is 15.9. The first-order valence-electron chi connectivity index (χ1n) is 14.5. The summed E-state index contributed by atoms with van der Waals surface area (Å²) in [5.74, 6) is 0. The molecule has 0 aromatic carbocycles. The highest BCUT2D eigenvalue weighted by Gasteiger charge is 2.28. The average molecular weight is 490 g/mol. The second-order valence-electron chi connectivity index (χ2n) is 10.3. The minimum absolute atomic E-state index is 0.244. The van der Waals surface area contributed by atoms with Gasteiger partial charge in [0.1, 0.15) is 13.2 Å². The Bertz CT molecular complexity index is 483. The molecule has 1 aliphatic heterocycles. The zero-order chi connectivity index (χ0) is 24.1. The molecular formula is C27H56NO4P. The summed E-state index contributed by atoms with van der Waals surface area (Å²) in [6.07, 6.45) is 24.7. The molecule has 0 bridgehead atoms. The van der Waals surface area contributed by atoms with Crippen LogP contribution in [0.5, 0.6) is 0 Å². The first kappa shape index (κ1) is 31.1. The maximum atomic E-state index is 12.0. The average Bonchev–Trinajstić information content (AvgIpc) is 2.81. The number of phosphoric acid groups is 1. The third kappa shape index (κ3) is 17.2. The number of phosphoric ester groups is 1. The van der Waals surface area contributed by atoms with Crippen LogP contribution in [0.1, 0.15) is 136 Å². The van der Waals surface area contributed by atoms with Crippen molar-refractivity contribution in [2.75, 3.05) is 39.4 Å². The van der Waals surface area contributed by atoms with E-state index >= 15 is 0 Å². The van der Waals surface area contributed by atoms with Crippen LogP contribution in [0.3, 0.4) is 0 Å². The third-order valence-corrected chi connectivity index (χ3v) is 8.50. The number of piperidine rings is 1. The van der Waals surface area contributed by atoms with E-state index in [2.05, 4.69) is 13.8 Å². The number of unbranched alkanes of at least 4 members (excludes halogenated alkanes) is 15. The fraction of sp³-hybridized carbons (Fsp3) is 1.00. The van der Waals surface area contributed by atoms with Gasteiger partial charge in [-0.05, 0) is 32.6 Å². The number of rotatable bonds is 23. The van der Waals surface area contributed by atoms with Crippen molar-refractivity contribution in [2.45, 2.75) is 136 Å². The molecule has 0 aliphatic carbocycles. The lowest BCUT2D eigenvalue weighted by Crippen LogP contribution is -2.53. The maximum absolute atomic E-state index is 12.0. The van der Waals surface area contributed by atoms with Gasteiger partial charge in [-0.3, -0.25) is 4.57 Å². The molecule has 0 N–H and O–H groups in total. The highest BCUT2D eigenvalue weighted by molar-refractivity contribution is 7.45. The molecule has 1 aliphatic rings. The van der Waals surface area contributed by atoms with Crippen molar-refractivity contribution in [3.8, 4) is 0 Å². The maximum Gasteiger partial charge on any atom is 0.268 e. The van der Waals surface area contributed by atoms with Gasteiger partial charge in [0, 0.05) is 0 Å². The quantitative estimate of drug-likeness (QED) is 0.0835. The summed E-state index contributed by atoms with van der Waals surface area (Å²) >= 11 is 0. The van der Waals surface area contributed by atoms with Gasteiger partial charge in [-0.1, -0.05) is 103 Å². The van der Waals surface area contributed by atoms with E-state index in [1.807, 2.05) is 0 Å². The molecule has 1 rings (SSSR count). The number of nitrogens with zero attached hydrogens (tertiary/aromatic N) is 1. The normalized spacial score (nSPS) is 17.8. The predicted octanol–water partition coefficient (Wildman–Crippen LogP) is 7.77. The van der Waals surface area contributed by atoms with E-state index in [-0.39, 0.29) is 13.2 Å². The first-order chi connectivity index (χ1) is 16.0. The van der Waals surface area contributed by atoms with Crippen LogP contribution in [-0.4, -0.2) is 43.9 Å². The van der Waals surface area contributed by atoms with E-state index in [4.69, 9.17) is 9.05 Å². The summed E-state index contributed by atoms with van der Waals surface area (Å²) < 4.78 is 23.2. The van der Waals surface area contributed by atoms with Gasteiger partial charge in [0.2, 0.25) is 0 Å². The molecular weight excluding hydrogens is 433 g/mol. The molecule has 1 fully saturated rings.